The maximum atomic E-state index is 12.9. The van der Waals surface area contributed by atoms with Crippen molar-refractivity contribution in [3.8, 4) is 0 Å². The molecule has 3 aromatic rings. The minimum Gasteiger partial charge on any atom is -0.464 e. The van der Waals surface area contributed by atoms with Crippen LogP contribution in [0.3, 0.4) is 0 Å². The molecule has 0 bridgehead atoms. The summed E-state index contributed by atoms with van der Waals surface area (Å²) in [5.41, 5.74) is 2.06. The molecular formula is C30H33Cl2N3O5. The van der Waals surface area contributed by atoms with Crippen LogP contribution in [0, 0.1) is 0 Å². The second-order valence-corrected chi connectivity index (χ2v) is 10.8. The number of hydrogen-bond donors (Lipinski definition) is 3. The van der Waals surface area contributed by atoms with Crippen molar-refractivity contribution in [2.45, 2.75) is 45.3 Å². The molecule has 0 heterocycles. The smallest absolute Gasteiger partial charge is 0.408 e. The molecule has 3 aromatic carbocycles. The summed E-state index contributed by atoms with van der Waals surface area (Å²) in [4.78, 5) is 37.8. The lowest BCUT2D eigenvalue weighted by atomic mass is 10.1. The van der Waals surface area contributed by atoms with Crippen LogP contribution in [0.5, 0.6) is 0 Å². The van der Waals surface area contributed by atoms with Crippen LogP contribution in [0.25, 0.3) is 0 Å². The van der Waals surface area contributed by atoms with E-state index in [2.05, 4.69) is 16.0 Å². The van der Waals surface area contributed by atoms with Gasteiger partial charge in [-0.05, 0) is 50.1 Å². The normalized spacial score (nSPS) is 11.7. The number of amides is 2. The Balaban J connectivity index is 1.53. The number of para-hydroxylation sites is 2. The standard InChI is InChI=1S/C30H33Cl2N3O5/c1-30(2,3)40-29(38)35-25(18-20-10-5-4-6-11-20)28(37)33-16-17-39-26(36)19-21-12-7-8-15-24(21)34-27-22(31)13-9-14-23(27)32/h4-15,25,34H,16-19H2,1-3H3,(H,33,37)(H,35,38). The molecule has 0 fully saturated rings. The minimum absolute atomic E-state index is 0.00395. The van der Waals surface area contributed by atoms with Gasteiger partial charge >= 0.3 is 12.1 Å². The van der Waals surface area contributed by atoms with E-state index in [-0.39, 0.29) is 26.0 Å². The molecule has 0 aliphatic carbocycles. The number of rotatable bonds is 11. The highest BCUT2D eigenvalue weighted by Crippen LogP contribution is 2.33. The van der Waals surface area contributed by atoms with E-state index in [0.29, 0.717) is 27.0 Å². The van der Waals surface area contributed by atoms with E-state index in [0.717, 1.165) is 5.56 Å². The summed E-state index contributed by atoms with van der Waals surface area (Å²) in [5.74, 6) is -0.890. The van der Waals surface area contributed by atoms with E-state index >= 15 is 0 Å². The van der Waals surface area contributed by atoms with Crippen LogP contribution in [-0.4, -0.2) is 42.8 Å². The number of ether oxygens (including phenoxy) is 2. The van der Waals surface area contributed by atoms with Gasteiger partial charge in [0, 0.05) is 12.1 Å². The molecule has 1 unspecified atom stereocenters. The summed E-state index contributed by atoms with van der Waals surface area (Å²) in [5, 5.41) is 9.44. The third-order valence-corrected chi connectivity index (χ3v) is 6.16. The highest BCUT2D eigenvalue weighted by molar-refractivity contribution is 6.39. The molecule has 3 rings (SSSR count). The van der Waals surface area contributed by atoms with E-state index in [9.17, 15) is 14.4 Å². The fraction of sp³-hybridized carbons (Fsp3) is 0.300. The minimum atomic E-state index is -0.873. The van der Waals surface area contributed by atoms with Gasteiger partial charge < -0.3 is 25.4 Å². The molecule has 0 aliphatic rings. The van der Waals surface area contributed by atoms with Crippen LogP contribution in [0.1, 0.15) is 31.9 Å². The number of esters is 1. The van der Waals surface area contributed by atoms with E-state index in [1.807, 2.05) is 48.5 Å². The van der Waals surface area contributed by atoms with Gasteiger partial charge in [0.1, 0.15) is 18.2 Å². The van der Waals surface area contributed by atoms with Crippen LogP contribution in [0.4, 0.5) is 16.2 Å². The topological polar surface area (TPSA) is 106 Å². The molecule has 0 saturated carbocycles. The summed E-state index contributed by atoms with van der Waals surface area (Å²) in [6, 6.07) is 20.9. The van der Waals surface area contributed by atoms with Gasteiger partial charge in [-0.15, -0.1) is 0 Å². The van der Waals surface area contributed by atoms with Crippen LogP contribution in [0.15, 0.2) is 72.8 Å². The van der Waals surface area contributed by atoms with Gasteiger partial charge in [0.2, 0.25) is 5.91 Å². The van der Waals surface area contributed by atoms with Crippen molar-refractivity contribution in [2.24, 2.45) is 0 Å². The van der Waals surface area contributed by atoms with E-state index in [1.54, 1.807) is 45.0 Å². The SMILES string of the molecule is CC(C)(C)OC(=O)NC(Cc1ccccc1)C(=O)NCCOC(=O)Cc1ccccc1Nc1c(Cl)cccc1Cl. The first-order chi connectivity index (χ1) is 19.0. The van der Waals surface area contributed by atoms with Crippen LogP contribution in [-0.2, 0) is 31.9 Å². The molecule has 212 valence electrons. The third-order valence-electron chi connectivity index (χ3n) is 5.53. The molecule has 0 aromatic heterocycles. The van der Waals surface area contributed by atoms with Crippen LogP contribution in [0.2, 0.25) is 10.0 Å². The highest BCUT2D eigenvalue weighted by Gasteiger charge is 2.24. The van der Waals surface area contributed by atoms with E-state index in [1.165, 1.54) is 0 Å². The molecule has 0 radical (unpaired) electrons. The summed E-state index contributed by atoms with van der Waals surface area (Å²) in [6.45, 7) is 5.26. The van der Waals surface area contributed by atoms with Gasteiger partial charge in [-0.25, -0.2) is 4.79 Å². The summed E-state index contributed by atoms with van der Waals surface area (Å²) < 4.78 is 10.7. The predicted octanol–water partition coefficient (Wildman–Crippen LogP) is 6.07. The van der Waals surface area contributed by atoms with Gasteiger partial charge in [-0.3, -0.25) is 9.59 Å². The number of hydrogen-bond acceptors (Lipinski definition) is 6. The Morgan fingerprint density at radius 1 is 0.875 bits per heavy atom. The molecule has 40 heavy (non-hydrogen) atoms. The van der Waals surface area contributed by atoms with Gasteiger partial charge in [-0.2, -0.15) is 0 Å². The summed E-state index contributed by atoms with van der Waals surface area (Å²) in [7, 11) is 0. The lowest BCUT2D eigenvalue weighted by Gasteiger charge is -2.23. The number of anilines is 2. The molecule has 0 spiro atoms. The zero-order chi connectivity index (χ0) is 29.1. The average molecular weight is 587 g/mol. The molecule has 2 amide bonds. The highest BCUT2D eigenvalue weighted by atomic mass is 35.5. The fourth-order valence-corrected chi connectivity index (χ4v) is 4.22. The maximum absolute atomic E-state index is 12.9. The van der Waals surface area contributed by atoms with Crippen molar-refractivity contribution >= 4 is 52.5 Å². The zero-order valence-corrected chi connectivity index (χ0v) is 24.1. The quantitative estimate of drug-likeness (QED) is 0.186. The Morgan fingerprint density at radius 2 is 1.52 bits per heavy atom. The van der Waals surface area contributed by atoms with Crippen molar-refractivity contribution in [3.05, 3.63) is 94.0 Å². The molecule has 0 aliphatic heterocycles. The third kappa shape index (κ3) is 10.1. The molecular weight excluding hydrogens is 553 g/mol. The lowest BCUT2D eigenvalue weighted by Crippen LogP contribution is -2.49. The number of alkyl carbamates (subject to hydrolysis) is 1. The second kappa shape index (κ2) is 14.6. The summed E-state index contributed by atoms with van der Waals surface area (Å²) >= 11 is 12.5. The van der Waals surface area contributed by atoms with Crippen molar-refractivity contribution in [1.29, 1.82) is 0 Å². The van der Waals surface area contributed by atoms with Gasteiger partial charge in [-0.1, -0.05) is 77.8 Å². The average Bonchev–Trinajstić information content (AvgIpc) is 2.89. The first kappa shape index (κ1) is 30.8. The van der Waals surface area contributed by atoms with Gasteiger partial charge in [0.25, 0.3) is 0 Å². The van der Waals surface area contributed by atoms with E-state index < -0.39 is 29.6 Å². The molecule has 0 saturated heterocycles. The number of halogens is 2. The number of carbonyl (C=O) groups excluding carboxylic acids is 3. The first-order valence-electron chi connectivity index (χ1n) is 12.8. The van der Waals surface area contributed by atoms with Crippen molar-refractivity contribution in [2.75, 3.05) is 18.5 Å². The fourth-order valence-electron chi connectivity index (χ4n) is 3.73. The second-order valence-electron chi connectivity index (χ2n) is 9.96. The molecule has 3 N–H and O–H groups in total. The Morgan fingerprint density at radius 3 is 2.20 bits per heavy atom. The monoisotopic (exact) mass is 585 g/mol. The number of benzene rings is 3. The Hall–Kier alpha value is -3.75. The maximum Gasteiger partial charge on any atom is 0.408 e. The van der Waals surface area contributed by atoms with Gasteiger partial charge in [0.05, 0.1) is 28.7 Å². The van der Waals surface area contributed by atoms with Crippen LogP contribution < -0.4 is 16.0 Å². The number of nitrogens with one attached hydrogen (secondary N) is 3. The molecule has 8 nitrogen and oxygen atoms in total. The van der Waals surface area contributed by atoms with Crippen molar-refractivity contribution in [1.82, 2.24) is 10.6 Å². The zero-order valence-electron chi connectivity index (χ0n) is 22.6. The number of carbonyl (C=O) groups is 3. The van der Waals surface area contributed by atoms with Crippen LogP contribution >= 0.6 is 23.2 Å². The summed E-state index contributed by atoms with van der Waals surface area (Å²) in [6.07, 6.45) is -0.429. The predicted molar refractivity (Wildman–Crippen MR) is 157 cm³/mol. The van der Waals surface area contributed by atoms with Crippen molar-refractivity contribution in [3.63, 3.8) is 0 Å². The molecule has 10 heteroatoms. The largest absolute Gasteiger partial charge is 0.464 e. The Labute approximate surface area is 244 Å². The van der Waals surface area contributed by atoms with E-state index in [4.69, 9.17) is 32.7 Å². The molecule has 1 atom stereocenters. The van der Waals surface area contributed by atoms with Gasteiger partial charge in [0.15, 0.2) is 0 Å². The Kier molecular flexibility index (Phi) is 11.2. The lowest BCUT2D eigenvalue weighted by molar-refractivity contribution is -0.143. The first-order valence-corrected chi connectivity index (χ1v) is 13.5. The Bertz CT molecular complexity index is 1290. The van der Waals surface area contributed by atoms with Crippen molar-refractivity contribution < 1.29 is 23.9 Å².